The summed E-state index contributed by atoms with van der Waals surface area (Å²) in [7, 11) is 1.33. The number of non-ortho nitro benzene ring substituents is 1. The molecule has 1 N–H and O–H groups in total. The van der Waals surface area contributed by atoms with E-state index in [1.165, 1.54) is 30.2 Å². The molecule has 0 bridgehead atoms. The minimum atomic E-state index is -0.782. The molecule has 1 saturated heterocycles. The van der Waals surface area contributed by atoms with Gasteiger partial charge in [0.1, 0.15) is 5.75 Å². The molecule has 1 aliphatic heterocycles. The summed E-state index contributed by atoms with van der Waals surface area (Å²) in [4.78, 5) is 48.4. The number of nitro benzene ring substituents is 1. The molecule has 0 spiro atoms. The second-order valence-corrected chi connectivity index (χ2v) is 7.12. The number of halogens is 1. The lowest BCUT2D eigenvalue weighted by Gasteiger charge is -2.19. The number of carbonyl (C=O) groups excluding carboxylic acids is 3. The van der Waals surface area contributed by atoms with Crippen molar-refractivity contribution in [3.05, 3.63) is 57.6 Å². The van der Waals surface area contributed by atoms with Crippen molar-refractivity contribution in [2.24, 2.45) is 5.92 Å². The first kappa shape index (κ1) is 22.0. The summed E-state index contributed by atoms with van der Waals surface area (Å²) in [6.07, 6.45) is -0.113. The van der Waals surface area contributed by atoms with E-state index in [4.69, 9.17) is 21.1 Å². The Labute approximate surface area is 181 Å². The molecule has 1 fully saturated rings. The van der Waals surface area contributed by atoms with Gasteiger partial charge in [-0.1, -0.05) is 11.6 Å². The summed E-state index contributed by atoms with van der Waals surface area (Å²) in [5.41, 5.74) is 0.627. The average molecular weight is 448 g/mol. The van der Waals surface area contributed by atoms with E-state index in [-0.39, 0.29) is 30.3 Å². The number of nitrogens with one attached hydrogen (secondary N) is 1. The highest BCUT2D eigenvalue weighted by molar-refractivity contribution is 6.30. The number of carbonyl (C=O) groups is 3. The number of ether oxygens (including phenoxy) is 2. The van der Waals surface area contributed by atoms with Crippen LogP contribution in [0.5, 0.6) is 5.75 Å². The number of hydrogen-bond acceptors (Lipinski definition) is 7. The maximum absolute atomic E-state index is 12.4. The van der Waals surface area contributed by atoms with Gasteiger partial charge in [-0.25, -0.2) is 0 Å². The maximum Gasteiger partial charge on any atom is 0.311 e. The number of methoxy groups -OCH3 is 1. The predicted octanol–water partition coefficient (Wildman–Crippen LogP) is 2.79. The van der Waals surface area contributed by atoms with Gasteiger partial charge in [-0.05, 0) is 30.3 Å². The Morgan fingerprint density at radius 2 is 1.97 bits per heavy atom. The van der Waals surface area contributed by atoms with Crippen molar-refractivity contribution in [2.45, 2.75) is 6.42 Å². The molecule has 0 aromatic heterocycles. The minimum absolute atomic E-state index is 0.00460. The van der Waals surface area contributed by atoms with Crippen LogP contribution < -0.4 is 15.0 Å². The van der Waals surface area contributed by atoms with Crippen molar-refractivity contribution in [2.75, 3.05) is 30.5 Å². The molecular weight excluding hydrogens is 430 g/mol. The number of nitrogens with zero attached hydrogens (tertiary/aromatic N) is 2. The largest absolute Gasteiger partial charge is 0.494 e. The molecule has 2 aromatic carbocycles. The number of amides is 2. The van der Waals surface area contributed by atoms with E-state index < -0.39 is 29.3 Å². The van der Waals surface area contributed by atoms with Crippen molar-refractivity contribution < 1.29 is 28.8 Å². The van der Waals surface area contributed by atoms with Crippen LogP contribution in [0.1, 0.15) is 6.42 Å². The zero-order valence-electron chi connectivity index (χ0n) is 16.4. The van der Waals surface area contributed by atoms with Gasteiger partial charge >= 0.3 is 5.97 Å². The SMILES string of the molecule is COc1cc([N+](=O)[O-])ccc1N1C[C@H](C(=O)OCC(=O)Nc2ccc(Cl)cc2)CC1=O. The molecule has 2 aromatic rings. The fourth-order valence-corrected chi connectivity index (χ4v) is 3.21. The summed E-state index contributed by atoms with van der Waals surface area (Å²) >= 11 is 5.78. The molecule has 1 aliphatic rings. The molecule has 31 heavy (non-hydrogen) atoms. The van der Waals surface area contributed by atoms with Crippen molar-refractivity contribution in [3.8, 4) is 5.75 Å². The van der Waals surface area contributed by atoms with Crippen molar-refractivity contribution >= 4 is 46.4 Å². The van der Waals surface area contributed by atoms with Gasteiger partial charge in [0.15, 0.2) is 6.61 Å². The lowest BCUT2D eigenvalue weighted by atomic mass is 10.1. The van der Waals surface area contributed by atoms with Crippen LogP contribution in [0.15, 0.2) is 42.5 Å². The van der Waals surface area contributed by atoms with E-state index >= 15 is 0 Å². The van der Waals surface area contributed by atoms with Crippen LogP contribution in [0.2, 0.25) is 5.02 Å². The highest BCUT2D eigenvalue weighted by Gasteiger charge is 2.37. The van der Waals surface area contributed by atoms with Crippen LogP contribution in [-0.2, 0) is 19.1 Å². The van der Waals surface area contributed by atoms with Gasteiger partial charge in [-0.3, -0.25) is 24.5 Å². The van der Waals surface area contributed by atoms with Crippen LogP contribution in [0.4, 0.5) is 17.1 Å². The molecule has 0 aliphatic carbocycles. The van der Waals surface area contributed by atoms with Gasteiger partial charge in [0, 0.05) is 29.7 Å². The van der Waals surface area contributed by atoms with E-state index in [2.05, 4.69) is 5.32 Å². The Kier molecular flexibility index (Phi) is 6.71. The minimum Gasteiger partial charge on any atom is -0.494 e. The third-order valence-electron chi connectivity index (χ3n) is 4.60. The molecule has 10 nitrogen and oxygen atoms in total. The predicted molar refractivity (Wildman–Crippen MR) is 111 cm³/mol. The lowest BCUT2D eigenvalue weighted by molar-refractivity contribution is -0.384. The first-order chi connectivity index (χ1) is 14.8. The molecule has 0 radical (unpaired) electrons. The summed E-state index contributed by atoms with van der Waals surface area (Å²) in [6, 6.07) is 10.3. The normalized spacial score (nSPS) is 15.5. The van der Waals surface area contributed by atoms with Crippen LogP contribution in [0.3, 0.4) is 0 Å². The van der Waals surface area contributed by atoms with Gasteiger partial charge in [0.05, 0.1) is 29.7 Å². The van der Waals surface area contributed by atoms with E-state index in [1.54, 1.807) is 24.3 Å². The highest BCUT2D eigenvalue weighted by atomic mass is 35.5. The molecule has 0 unspecified atom stereocenters. The molecule has 0 saturated carbocycles. The van der Waals surface area contributed by atoms with Gasteiger partial charge < -0.3 is 19.7 Å². The first-order valence-electron chi connectivity index (χ1n) is 9.13. The van der Waals surface area contributed by atoms with Crippen molar-refractivity contribution in [1.29, 1.82) is 0 Å². The lowest BCUT2D eigenvalue weighted by Crippen LogP contribution is -2.28. The van der Waals surface area contributed by atoms with Crippen LogP contribution in [0, 0.1) is 16.0 Å². The molecule has 2 amide bonds. The average Bonchev–Trinajstić information content (AvgIpc) is 3.14. The van der Waals surface area contributed by atoms with Crippen LogP contribution in [-0.4, -0.2) is 43.0 Å². The quantitative estimate of drug-likeness (QED) is 0.392. The number of anilines is 2. The fourth-order valence-electron chi connectivity index (χ4n) is 3.09. The van der Waals surface area contributed by atoms with E-state index in [9.17, 15) is 24.5 Å². The Bertz CT molecular complexity index is 1030. The second-order valence-electron chi connectivity index (χ2n) is 6.68. The van der Waals surface area contributed by atoms with E-state index in [0.29, 0.717) is 16.4 Å². The van der Waals surface area contributed by atoms with Crippen molar-refractivity contribution in [1.82, 2.24) is 0 Å². The molecule has 1 atom stereocenters. The van der Waals surface area contributed by atoms with Gasteiger partial charge in [-0.2, -0.15) is 0 Å². The van der Waals surface area contributed by atoms with Crippen LogP contribution in [0.25, 0.3) is 0 Å². The number of esters is 1. The summed E-state index contributed by atoms with van der Waals surface area (Å²) in [5, 5.41) is 14.0. The Hall–Kier alpha value is -3.66. The summed E-state index contributed by atoms with van der Waals surface area (Å²) < 4.78 is 10.2. The van der Waals surface area contributed by atoms with E-state index in [0.717, 1.165) is 0 Å². The number of benzene rings is 2. The molecule has 1 heterocycles. The topological polar surface area (TPSA) is 128 Å². The molecule has 3 rings (SSSR count). The molecular formula is C20H18ClN3O7. The smallest absolute Gasteiger partial charge is 0.311 e. The third-order valence-corrected chi connectivity index (χ3v) is 4.85. The number of hydrogen-bond donors (Lipinski definition) is 1. The Balaban J connectivity index is 1.59. The first-order valence-corrected chi connectivity index (χ1v) is 9.51. The van der Waals surface area contributed by atoms with Gasteiger partial charge in [0.2, 0.25) is 5.91 Å². The molecule has 162 valence electrons. The fraction of sp³-hybridized carbons (Fsp3) is 0.250. The standard InChI is InChI=1S/C20H18ClN3O7/c1-30-17-9-15(24(28)29)6-7-16(17)23-10-12(8-19(23)26)20(27)31-11-18(25)22-14-4-2-13(21)3-5-14/h2-7,9,12H,8,10-11H2,1H3,(H,22,25)/t12-/m1/s1. The summed E-state index contributed by atoms with van der Waals surface area (Å²) in [6.45, 7) is -0.502. The van der Waals surface area contributed by atoms with Gasteiger partial charge in [-0.15, -0.1) is 0 Å². The summed E-state index contributed by atoms with van der Waals surface area (Å²) in [5.74, 6) is -2.23. The molecule has 11 heteroatoms. The number of nitro groups is 1. The Morgan fingerprint density at radius 3 is 2.61 bits per heavy atom. The van der Waals surface area contributed by atoms with Gasteiger partial charge in [0.25, 0.3) is 11.6 Å². The highest BCUT2D eigenvalue weighted by Crippen LogP contribution is 2.35. The second kappa shape index (κ2) is 9.43. The van der Waals surface area contributed by atoms with E-state index in [1.807, 2.05) is 0 Å². The van der Waals surface area contributed by atoms with Crippen molar-refractivity contribution in [3.63, 3.8) is 0 Å². The zero-order chi connectivity index (χ0) is 22.5. The number of rotatable bonds is 7. The zero-order valence-corrected chi connectivity index (χ0v) is 17.1. The van der Waals surface area contributed by atoms with Crippen LogP contribution >= 0.6 is 11.6 Å². The maximum atomic E-state index is 12.4. The Morgan fingerprint density at radius 1 is 1.26 bits per heavy atom. The third kappa shape index (κ3) is 5.28. The monoisotopic (exact) mass is 447 g/mol.